The summed E-state index contributed by atoms with van der Waals surface area (Å²) in [6.07, 6.45) is 0.163. The SMILES string of the molecule is COC1CN(CCCOc2ccc(F)cc2)CCC1Nc1ncnc2c1ncn2[C@@H]1O[C@H](CO)[C@@H](O)[C@H]1O. The number of hydrogen-bond acceptors (Lipinski definition) is 11. The number of nitrogens with one attached hydrogen (secondary N) is 1. The summed E-state index contributed by atoms with van der Waals surface area (Å²) in [5, 5.41) is 33.4. The minimum atomic E-state index is -1.24. The lowest BCUT2D eigenvalue weighted by Crippen LogP contribution is -2.51. The fourth-order valence-electron chi connectivity index (χ4n) is 5.03. The smallest absolute Gasteiger partial charge is 0.167 e. The normalized spacial score (nSPS) is 28.1. The number of fused-ring (bicyclic) bond motifs is 1. The lowest BCUT2D eigenvalue weighted by molar-refractivity contribution is -0.0511. The van der Waals surface area contributed by atoms with E-state index in [0.717, 1.165) is 32.5 Å². The Morgan fingerprint density at radius 2 is 1.97 bits per heavy atom. The van der Waals surface area contributed by atoms with Gasteiger partial charge in [-0.3, -0.25) is 4.57 Å². The van der Waals surface area contributed by atoms with Crippen LogP contribution in [0.3, 0.4) is 0 Å². The zero-order valence-corrected chi connectivity index (χ0v) is 21.1. The van der Waals surface area contributed by atoms with Crippen LogP contribution >= 0.6 is 0 Å². The Kier molecular flexibility index (Phi) is 8.31. The number of anilines is 1. The number of halogens is 1. The number of ether oxygens (including phenoxy) is 3. The van der Waals surface area contributed by atoms with Gasteiger partial charge in [-0.2, -0.15) is 0 Å². The van der Waals surface area contributed by atoms with Gasteiger partial charge in [0.2, 0.25) is 0 Å². The first kappa shape index (κ1) is 26.7. The first-order chi connectivity index (χ1) is 18.5. The first-order valence-corrected chi connectivity index (χ1v) is 12.7. The van der Waals surface area contributed by atoms with Gasteiger partial charge in [0.15, 0.2) is 23.2 Å². The molecule has 2 saturated heterocycles. The molecule has 206 valence electrons. The fraction of sp³-hybridized carbons (Fsp3) is 0.560. The van der Waals surface area contributed by atoms with Crippen molar-refractivity contribution in [3.63, 3.8) is 0 Å². The van der Waals surface area contributed by atoms with E-state index in [2.05, 4.69) is 25.2 Å². The van der Waals surface area contributed by atoms with Gasteiger partial charge in [-0.15, -0.1) is 0 Å². The number of rotatable bonds is 10. The molecule has 2 aliphatic rings. The highest BCUT2D eigenvalue weighted by atomic mass is 19.1. The molecule has 12 nitrogen and oxygen atoms in total. The largest absolute Gasteiger partial charge is 0.494 e. The lowest BCUT2D eigenvalue weighted by Gasteiger charge is -2.38. The lowest BCUT2D eigenvalue weighted by atomic mass is 10.0. The Labute approximate surface area is 219 Å². The zero-order chi connectivity index (χ0) is 26.6. The molecule has 2 aliphatic heterocycles. The molecule has 38 heavy (non-hydrogen) atoms. The van der Waals surface area contributed by atoms with Crippen LogP contribution in [0.2, 0.25) is 0 Å². The molecule has 0 saturated carbocycles. The average molecular weight is 533 g/mol. The molecular weight excluding hydrogens is 499 g/mol. The van der Waals surface area contributed by atoms with Crippen molar-refractivity contribution in [1.29, 1.82) is 0 Å². The van der Waals surface area contributed by atoms with Gasteiger partial charge >= 0.3 is 0 Å². The van der Waals surface area contributed by atoms with Crippen molar-refractivity contribution < 1.29 is 33.9 Å². The van der Waals surface area contributed by atoms with E-state index in [1.54, 1.807) is 19.2 Å². The molecule has 2 unspecified atom stereocenters. The second kappa shape index (κ2) is 11.8. The monoisotopic (exact) mass is 532 g/mol. The van der Waals surface area contributed by atoms with Gasteiger partial charge in [0.05, 0.1) is 31.7 Å². The molecule has 0 radical (unpaired) electrons. The number of hydrogen-bond donors (Lipinski definition) is 4. The van der Waals surface area contributed by atoms with Crippen molar-refractivity contribution in [1.82, 2.24) is 24.4 Å². The number of nitrogens with zero attached hydrogens (tertiary/aromatic N) is 5. The van der Waals surface area contributed by atoms with Gasteiger partial charge in [-0.05, 0) is 37.1 Å². The van der Waals surface area contributed by atoms with Gasteiger partial charge in [0.25, 0.3) is 0 Å². The Bertz CT molecular complexity index is 1200. The van der Waals surface area contributed by atoms with E-state index >= 15 is 0 Å². The summed E-state index contributed by atoms with van der Waals surface area (Å²) in [7, 11) is 1.69. The number of methoxy groups -OCH3 is 1. The van der Waals surface area contributed by atoms with Crippen molar-refractivity contribution >= 4 is 17.0 Å². The van der Waals surface area contributed by atoms with E-state index in [1.807, 2.05) is 0 Å². The Hall–Kier alpha value is -2.94. The van der Waals surface area contributed by atoms with E-state index < -0.39 is 31.1 Å². The molecule has 4 heterocycles. The van der Waals surface area contributed by atoms with Gasteiger partial charge in [0, 0.05) is 26.7 Å². The third-order valence-corrected chi connectivity index (χ3v) is 7.12. The maximum Gasteiger partial charge on any atom is 0.167 e. The zero-order valence-electron chi connectivity index (χ0n) is 21.1. The third kappa shape index (κ3) is 5.58. The van der Waals surface area contributed by atoms with Crippen LogP contribution in [0.4, 0.5) is 10.2 Å². The molecular formula is C25H33FN6O6. The van der Waals surface area contributed by atoms with Crippen molar-refractivity contribution in [2.45, 2.75) is 49.5 Å². The summed E-state index contributed by atoms with van der Waals surface area (Å²) in [6.45, 7) is 2.57. The average Bonchev–Trinajstić information content (AvgIpc) is 3.49. The van der Waals surface area contributed by atoms with Crippen LogP contribution in [0.25, 0.3) is 11.2 Å². The van der Waals surface area contributed by atoms with Gasteiger partial charge in [-0.25, -0.2) is 19.3 Å². The van der Waals surface area contributed by atoms with Crippen molar-refractivity contribution in [3.8, 4) is 5.75 Å². The molecule has 3 aromatic rings. The molecule has 0 bridgehead atoms. The summed E-state index contributed by atoms with van der Waals surface area (Å²) in [5.41, 5.74) is 0.936. The van der Waals surface area contributed by atoms with Crippen LogP contribution in [0.1, 0.15) is 19.1 Å². The van der Waals surface area contributed by atoms with Crippen LogP contribution in [0.15, 0.2) is 36.9 Å². The topological polar surface area (TPSA) is 147 Å². The maximum absolute atomic E-state index is 13.0. The van der Waals surface area contributed by atoms with Crippen LogP contribution in [-0.2, 0) is 9.47 Å². The van der Waals surface area contributed by atoms with Crippen molar-refractivity contribution in [2.75, 3.05) is 45.3 Å². The first-order valence-electron chi connectivity index (χ1n) is 12.7. The Morgan fingerprint density at radius 1 is 1.16 bits per heavy atom. The number of aromatic nitrogens is 4. The van der Waals surface area contributed by atoms with Crippen LogP contribution in [0, 0.1) is 5.82 Å². The molecule has 2 fully saturated rings. The van der Waals surface area contributed by atoms with E-state index in [4.69, 9.17) is 14.2 Å². The highest BCUT2D eigenvalue weighted by Gasteiger charge is 2.44. The van der Waals surface area contributed by atoms with Gasteiger partial charge in [0.1, 0.15) is 36.2 Å². The predicted octanol–water partition coefficient (Wildman–Crippen LogP) is 0.547. The molecule has 1 aromatic carbocycles. The van der Waals surface area contributed by atoms with Crippen LogP contribution in [0.5, 0.6) is 5.75 Å². The Balaban J connectivity index is 1.18. The van der Waals surface area contributed by atoms with Crippen LogP contribution < -0.4 is 10.1 Å². The number of aliphatic hydroxyl groups is 3. The number of piperidine rings is 1. The summed E-state index contributed by atoms with van der Waals surface area (Å²) >= 11 is 0. The minimum absolute atomic E-state index is 0.0103. The highest BCUT2D eigenvalue weighted by Crippen LogP contribution is 2.32. The quantitative estimate of drug-likeness (QED) is 0.271. The number of aliphatic hydroxyl groups excluding tert-OH is 3. The van der Waals surface area contributed by atoms with Gasteiger partial charge < -0.3 is 39.7 Å². The van der Waals surface area contributed by atoms with Gasteiger partial charge in [-0.1, -0.05) is 0 Å². The molecule has 5 rings (SSSR count). The second-order valence-corrected chi connectivity index (χ2v) is 9.55. The fourth-order valence-corrected chi connectivity index (χ4v) is 5.03. The second-order valence-electron chi connectivity index (χ2n) is 9.55. The Morgan fingerprint density at radius 3 is 2.71 bits per heavy atom. The summed E-state index contributed by atoms with van der Waals surface area (Å²) in [4.78, 5) is 15.5. The minimum Gasteiger partial charge on any atom is -0.494 e. The number of imidazole rings is 1. The van der Waals surface area contributed by atoms with E-state index in [-0.39, 0.29) is 18.0 Å². The summed E-state index contributed by atoms with van der Waals surface area (Å²) in [5.74, 6) is 0.905. The maximum atomic E-state index is 13.0. The van der Waals surface area contributed by atoms with E-state index in [9.17, 15) is 19.7 Å². The molecule has 0 spiro atoms. The van der Waals surface area contributed by atoms with Crippen LogP contribution in [-0.4, -0.2) is 110 Å². The van der Waals surface area contributed by atoms with Crippen molar-refractivity contribution in [2.24, 2.45) is 0 Å². The van der Waals surface area contributed by atoms with E-state index in [0.29, 0.717) is 29.3 Å². The summed E-state index contributed by atoms with van der Waals surface area (Å²) < 4.78 is 31.7. The number of likely N-dealkylation sites (tertiary alicyclic amines) is 1. The third-order valence-electron chi connectivity index (χ3n) is 7.12. The molecule has 4 N–H and O–H groups in total. The molecule has 0 amide bonds. The van der Waals surface area contributed by atoms with Crippen molar-refractivity contribution in [3.05, 3.63) is 42.7 Å². The molecule has 13 heteroatoms. The number of benzene rings is 1. The molecule has 2 aromatic heterocycles. The standard InChI is InChI=1S/C25H33FN6O6/c1-36-18-11-31(8-2-10-37-16-5-3-15(26)4-6-16)9-7-17(18)30-23-20-24(28-13-27-23)32(14-29-20)25-22(35)21(34)19(12-33)38-25/h3-6,13-14,17-19,21-22,25,33-35H,2,7-12H2,1H3,(H,27,28,30)/t17?,18?,19-,21-,22-,25-/m1/s1. The van der Waals surface area contributed by atoms with E-state index in [1.165, 1.54) is 29.4 Å². The predicted molar refractivity (Wildman–Crippen MR) is 134 cm³/mol. The summed E-state index contributed by atoms with van der Waals surface area (Å²) in [6, 6.07) is 6.01. The highest BCUT2D eigenvalue weighted by molar-refractivity contribution is 5.82. The molecule has 6 atom stereocenters. The molecule has 0 aliphatic carbocycles.